The SMILES string of the molecule is C[C@H]1[C@@H](CSc2ccc(C(=O)O)cc2)O[C@@H](c2cccc(N3C(=O)c4ccccc4C3=O)c2)O[C@H]1c1ccc(CO)cc1. The molecule has 2 heterocycles. The number of amides is 2. The lowest BCUT2D eigenvalue weighted by atomic mass is 9.91. The van der Waals surface area contributed by atoms with E-state index in [1.165, 1.54) is 4.90 Å². The lowest BCUT2D eigenvalue weighted by Crippen LogP contribution is -2.38. The number of aliphatic hydroxyl groups is 1. The van der Waals surface area contributed by atoms with E-state index in [4.69, 9.17) is 9.47 Å². The molecule has 0 aromatic heterocycles. The van der Waals surface area contributed by atoms with Crippen molar-refractivity contribution in [2.45, 2.75) is 36.9 Å². The molecule has 0 radical (unpaired) electrons. The van der Waals surface area contributed by atoms with Crippen LogP contribution in [0.5, 0.6) is 0 Å². The summed E-state index contributed by atoms with van der Waals surface area (Å²) in [5, 5.41) is 18.7. The minimum atomic E-state index is -0.973. The number of benzene rings is 4. The maximum Gasteiger partial charge on any atom is 0.335 e. The molecular formula is C34H29NO7S. The first-order valence-electron chi connectivity index (χ1n) is 13.9. The van der Waals surface area contributed by atoms with Gasteiger partial charge in [-0.2, -0.15) is 0 Å². The van der Waals surface area contributed by atoms with Gasteiger partial charge in [-0.3, -0.25) is 9.59 Å². The highest BCUT2D eigenvalue weighted by Gasteiger charge is 2.40. The number of rotatable bonds is 8. The van der Waals surface area contributed by atoms with Crippen LogP contribution in [0, 0.1) is 5.92 Å². The molecule has 4 aromatic rings. The molecular weight excluding hydrogens is 566 g/mol. The summed E-state index contributed by atoms with van der Waals surface area (Å²) < 4.78 is 13.1. The molecule has 6 rings (SSSR count). The van der Waals surface area contributed by atoms with E-state index in [1.807, 2.05) is 30.3 Å². The minimum Gasteiger partial charge on any atom is -0.478 e. The molecule has 43 heavy (non-hydrogen) atoms. The Balaban J connectivity index is 1.28. The van der Waals surface area contributed by atoms with Crippen molar-refractivity contribution < 1.29 is 34.1 Å². The van der Waals surface area contributed by atoms with Crippen LogP contribution in [0.25, 0.3) is 0 Å². The van der Waals surface area contributed by atoms with E-state index in [1.54, 1.807) is 78.5 Å². The first-order valence-corrected chi connectivity index (χ1v) is 14.9. The van der Waals surface area contributed by atoms with E-state index in [0.717, 1.165) is 16.0 Å². The Morgan fingerprint density at radius 1 is 0.837 bits per heavy atom. The van der Waals surface area contributed by atoms with Crippen molar-refractivity contribution in [2.75, 3.05) is 10.7 Å². The van der Waals surface area contributed by atoms with Crippen molar-refractivity contribution in [3.8, 4) is 0 Å². The number of aliphatic hydroxyl groups excluding tert-OH is 1. The van der Waals surface area contributed by atoms with Gasteiger partial charge in [0.25, 0.3) is 11.8 Å². The van der Waals surface area contributed by atoms with Gasteiger partial charge in [0, 0.05) is 22.1 Å². The van der Waals surface area contributed by atoms with Crippen LogP contribution in [-0.4, -0.2) is 39.9 Å². The summed E-state index contributed by atoms with van der Waals surface area (Å²) in [6.45, 7) is 2.01. The molecule has 2 amide bonds. The molecule has 2 N–H and O–H groups in total. The predicted molar refractivity (Wildman–Crippen MR) is 161 cm³/mol. The van der Waals surface area contributed by atoms with Crippen LogP contribution < -0.4 is 4.90 Å². The first-order chi connectivity index (χ1) is 20.8. The van der Waals surface area contributed by atoms with Gasteiger partial charge in [0.1, 0.15) is 0 Å². The van der Waals surface area contributed by atoms with E-state index in [-0.39, 0.29) is 42.1 Å². The first kappa shape index (κ1) is 28.8. The Morgan fingerprint density at radius 3 is 2.14 bits per heavy atom. The number of hydrogen-bond donors (Lipinski definition) is 2. The average molecular weight is 596 g/mol. The van der Waals surface area contributed by atoms with Gasteiger partial charge >= 0.3 is 5.97 Å². The minimum absolute atomic E-state index is 0.0542. The van der Waals surface area contributed by atoms with Crippen LogP contribution in [0.3, 0.4) is 0 Å². The summed E-state index contributed by atoms with van der Waals surface area (Å²) in [5.74, 6) is -1.19. The highest BCUT2D eigenvalue weighted by molar-refractivity contribution is 7.99. The Kier molecular flexibility index (Phi) is 8.14. The highest BCUT2D eigenvalue weighted by Crippen LogP contribution is 2.43. The van der Waals surface area contributed by atoms with Gasteiger partial charge in [0.2, 0.25) is 0 Å². The quantitative estimate of drug-likeness (QED) is 0.181. The second kappa shape index (κ2) is 12.1. The van der Waals surface area contributed by atoms with E-state index in [9.17, 15) is 24.6 Å². The maximum absolute atomic E-state index is 13.1. The third kappa shape index (κ3) is 5.72. The number of imide groups is 1. The molecule has 0 spiro atoms. The summed E-state index contributed by atoms with van der Waals surface area (Å²) in [5.41, 5.74) is 3.81. The number of hydrogen-bond acceptors (Lipinski definition) is 7. The molecule has 218 valence electrons. The van der Waals surface area contributed by atoms with Gasteiger partial charge < -0.3 is 19.7 Å². The average Bonchev–Trinajstić information content (AvgIpc) is 3.30. The Morgan fingerprint density at radius 2 is 1.51 bits per heavy atom. The number of aromatic carboxylic acids is 1. The van der Waals surface area contributed by atoms with Gasteiger partial charge in [-0.15, -0.1) is 11.8 Å². The molecule has 0 saturated carbocycles. The van der Waals surface area contributed by atoms with E-state index in [2.05, 4.69) is 6.92 Å². The van der Waals surface area contributed by atoms with Crippen molar-refractivity contribution in [2.24, 2.45) is 5.92 Å². The summed E-state index contributed by atoms with van der Waals surface area (Å²) >= 11 is 1.56. The van der Waals surface area contributed by atoms with Crippen molar-refractivity contribution in [3.63, 3.8) is 0 Å². The molecule has 9 heteroatoms. The van der Waals surface area contributed by atoms with Crippen LogP contribution in [0.1, 0.15) is 67.1 Å². The number of anilines is 1. The lowest BCUT2D eigenvalue weighted by molar-refractivity contribution is -0.268. The second-order valence-corrected chi connectivity index (χ2v) is 11.6. The van der Waals surface area contributed by atoms with Crippen LogP contribution in [0.4, 0.5) is 5.69 Å². The zero-order chi connectivity index (χ0) is 30.1. The van der Waals surface area contributed by atoms with Gasteiger partial charge in [-0.05, 0) is 59.7 Å². The number of ether oxygens (including phenoxy) is 2. The molecule has 1 saturated heterocycles. The number of carboxylic acid groups (broad SMARTS) is 1. The summed E-state index contributed by atoms with van der Waals surface area (Å²) in [4.78, 5) is 39.6. The normalized spacial score (nSPS) is 21.6. The molecule has 4 atom stereocenters. The second-order valence-electron chi connectivity index (χ2n) is 10.5. The Hall–Kier alpha value is -4.28. The Bertz CT molecular complexity index is 1640. The molecule has 0 aliphatic carbocycles. The van der Waals surface area contributed by atoms with Gasteiger partial charge in [0.05, 0.1) is 41.2 Å². The highest BCUT2D eigenvalue weighted by atomic mass is 32.2. The summed E-state index contributed by atoms with van der Waals surface area (Å²) in [6, 6.07) is 28.2. The molecule has 1 fully saturated rings. The van der Waals surface area contributed by atoms with E-state index >= 15 is 0 Å². The molecule has 0 bridgehead atoms. The fourth-order valence-electron chi connectivity index (χ4n) is 5.42. The molecule has 8 nitrogen and oxygen atoms in total. The standard InChI is InChI=1S/C34H29NO7S/c1-20-29(19-43-26-15-13-23(14-16-26)33(39)40)41-34(42-30(20)22-11-9-21(18-36)10-12-22)24-5-4-6-25(17-24)35-31(37)27-7-2-3-8-28(27)32(35)38/h2-17,20,29-30,34,36H,18-19H2,1H3,(H,39,40)/t20-,29+,30+,34+/m0/s1. The monoisotopic (exact) mass is 595 g/mol. The number of carbonyl (C=O) groups excluding carboxylic acids is 2. The van der Waals surface area contributed by atoms with Crippen molar-refractivity contribution in [1.29, 1.82) is 0 Å². The molecule has 2 aliphatic rings. The van der Waals surface area contributed by atoms with Crippen LogP contribution in [-0.2, 0) is 16.1 Å². The topological polar surface area (TPSA) is 113 Å². The van der Waals surface area contributed by atoms with Gasteiger partial charge in [-0.25, -0.2) is 9.69 Å². The lowest BCUT2D eigenvalue weighted by Gasteiger charge is -2.41. The number of nitrogens with zero attached hydrogens (tertiary/aromatic N) is 1. The van der Waals surface area contributed by atoms with E-state index < -0.39 is 12.3 Å². The number of carbonyl (C=O) groups is 3. The zero-order valence-electron chi connectivity index (χ0n) is 23.3. The number of fused-ring (bicyclic) bond motifs is 1. The van der Waals surface area contributed by atoms with Crippen LogP contribution in [0.2, 0.25) is 0 Å². The van der Waals surface area contributed by atoms with Crippen LogP contribution in [0.15, 0.2) is 102 Å². The van der Waals surface area contributed by atoms with Crippen molar-refractivity contribution in [1.82, 2.24) is 0 Å². The van der Waals surface area contributed by atoms with E-state index in [0.29, 0.717) is 28.1 Å². The number of thioether (sulfide) groups is 1. The largest absolute Gasteiger partial charge is 0.478 e. The van der Waals surface area contributed by atoms with Gasteiger partial charge in [-0.1, -0.05) is 55.5 Å². The third-order valence-electron chi connectivity index (χ3n) is 7.83. The number of carboxylic acids is 1. The molecule has 2 aliphatic heterocycles. The summed E-state index contributed by atoms with van der Waals surface area (Å²) in [6.07, 6.45) is -1.38. The summed E-state index contributed by atoms with van der Waals surface area (Å²) in [7, 11) is 0. The fourth-order valence-corrected chi connectivity index (χ4v) is 6.48. The zero-order valence-corrected chi connectivity index (χ0v) is 24.1. The smallest absolute Gasteiger partial charge is 0.335 e. The third-order valence-corrected chi connectivity index (χ3v) is 8.93. The van der Waals surface area contributed by atoms with Gasteiger partial charge in [0.15, 0.2) is 6.29 Å². The molecule has 0 unspecified atom stereocenters. The Labute approximate surface area is 252 Å². The van der Waals surface area contributed by atoms with Crippen molar-refractivity contribution >= 4 is 35.2 Å². The fraction of sp³-hybridized carbons (Fsp3) is 0.206. The predicted octanol–water partition coefficient (Wildman–Crippen LogP) is 6.26. The van der Waals surface area contributed by atoms with Crippen LogP contribution >= 0.6 is 11.8 Å². The molecule has 4 aromatic carbocycles. The van der Waals surface area contributed by atoms with Crippen molar-refractivity contribution in [3.05, 3.63) is 130 Å². The maximum atomic E-state index is 13.1.